The Morgan fingerprint density at radius 3 is 2.06 bits per heavy atom. The van der Waals surface area contributed by atoms with Crippen LogP contribution in [-0.2, 0) is 40.4 Å². The van der Waals surface area contributed by atoms with Crippen molar-refractivity contribution in [2.24, 2.45) is 5.92 Å². The molecule has 2 N–H and O–H groups in total. The number of piperidine rings is 1. The van der Waals surface area contributed by atoms with Crippen LogP contribution < -0.4 is 10.6 Å². The molecule has 2 aliphatic heterocycles. The highest BCUT2D eigenvalue weighted by molar-refractivity contribution is 7.98. The molecule has 2 saturated heterocycles. The van der Waals surface area contributed by atoms with Gasteiger partial charge >= 0.3 is 12.2 Å². The normalized spacial score (nSPS) is 15.4. The van der Waals surface area contributed by atoms with Gasteiger partial charge in [0.1, 0.15) is 25.1 Å². The summed E-state index contributed by atoms with van der Waals surface area (Å²) in [6, 6.07) is 36.5. The van der Waals surface area contributed by atoms with Crippen molar-refractivity contribution in [1.29, 1.82) is 0 Å². The van der Waals surface area contributed by atoms with Crippen molar-refractivity contribution in [3.63, 3.8) is 0 Å². The first-order valence-corrected chi connectivity index (χ1v) is 22.7. The van der Waals surface area contributed by atoms with Crippen LogP contribution in [0.1, 0.15) is 35.1 Å². The zero-order valence-corrected chi connectivity index (χ0v) is 36.5. The lowest BCUT2D eigenvalue weighted by atomic mass is 9.88. The van der Waals surface area contributed by atoms with E-state index in [-0.39, 0.29) is 30.7 Å². The van der Waals surface area contributed by atoms with E-state index in [2.05, 4.69) is 51.0 Å². The Kier molecular flexibility index (Phi) is 15.9. The number of ether oxygens (including phenoxy) is 2. The number of piperazine rings is 1. The summed E-state index contributed by atoms with van der Waals surface area (Å²) in [5.41, 5.74) is 5.63. The summed E-state index contributed by atoms with van der Waals surface area (Å²) >= 11 is 8.24. The predicted octanol–water partition coefficient (Wildman–Crippen LogP) is 9.51. The molecule has 5 aromatic carbocycles. The van der Waals surface area contributed by atoms with Gasteiger partial charge in [0, 0.05) is 54.9 Å². The van der Waals surface area contributed by atoms with E-state index in [4.69, 9.17) is 21.1 Å². The number of amides is 3. The van der Waals surface area contributed by atoms with Gasteiger partial charge in [-0.2, -0.15) is 0 Å². The van der Waals surface area contributed by atoms with Crippen LogP contribution in [0, 0.1) is 11.7 Å². The van der Waals surface area contributed by atoms with Gasteiger partial charge in [-0.25, -0.2) is 14.0 Å². The van der Waals surface area contributed by atoms with Crippen LogP contribution in [0.2, 0.25) is 5.02 Å². The van der Waals surface area contributed by atoms with Crippen LogP contribution in [0.5, 0.6) is 0 Å². The van der Waals surface area contributed by atoms with Crippen LogP contribution in [-0.4, -0.2) is 90.9 Å². The summed E-state index contributed by atoms with van der Waals surface area (Å²) in [7, 11) is 0. The maximum Gasteiger partial charge on any atom is 0.411 e. The second-order valence-electron chi connectivity index (χ2n) is 15.7. The van der Waals surface area contributed by atoms with Crippen molar-refractivity contribution >= 4 is 47.1 Å². The van der Waals surface area contributed by atoms with E-state index in [1.807, 2.05) is 77.7 Å². The summed E-state index contributed by atoms with van der Waals surface area (Å²) < 4.78 is 26.0. The number of alkyl carbamates (subject to hydrolysis) is 1. The highest BCUT2D eigenvalue weighted by Crippen LogP contribution is 2.31. The molecule has 2 fully saturated rings. The molecule has 10 nitrogen and oxygen atoms in total. The van der Waals surface area contributed by atoms with Crippen molar-refractivity contribution in [1.82, 2.24) is 20.0 Å². The zero-order valence-electron chi connectivity index (χ0n) is 34.9. The highest BCUT2D eigenvalue weighted by Gasteiger charge is 2.36. The lowest BCUT2D eigenvalue weighted by molar-refractivity contribution is -0.137. The van der Waals surface area contributed by atoms with Crippen LogP contribution in [0.4, 0.5) is 19.7 Å². The van der Waals surface area contributed by atoms with E-state index in [0.717, 1.165) is 55.0 Å². The third-order valence-electron chi connectivity index (χ3n) is 11.6. The molecule has 3 amide bonds. The first-order chi connectivity index (χ1) is 30.2. The summed E-state index contributed by atoms with van der Waals surface area (Å²) in [5.74, 6) is -0.639. The molecule has 5 aromatic rings. The van der Waals surface area contributed by atoms with Gasteiger partial charge in [-0.1, -0.05) is 96.5 Å². The molecule has 0 saturated carbocycles. The Morgan fingerprint density at radius 2 is 1.39 bits per heavy atom. The molecule has 0 unspecified atom stereocenters. The topological polar surface area (TPSA) is 103 Å². The molecule has 0 spiro atoms. The van der Waals surface area contributed by atoms with Crippen LogP contribution >= 0.6 is 23.4 Å². The van der Waals surface area contributed by atoms with Gasteiger partial charge in [-0.3, -0.25) is 15.0 Å². The van der Waals surface area contributed by atoms with E-state index in [9.17, 15) is 14.4 Å². The average molecular weight is 879 g/mol. The van der Waals surface area contributed by atoms with Gasteiger partial charge in [0.25, 0.3) is 0 Å². The fraction of sp³-hybridized carbons (Fsp3) is 0.327. The first kappa shape index (κ1) is 44.6. The predicted molar refractivity (Wildman–Crippen MR) is 244 cm³/mol. The quantitative estimate of drug-likeness (QED) is 0.100. The molecular weight excluding hydrogens is 825 g/mol. The number of thioether (sulfide) groups is 1. The van der Waals surface area contributed by atoms with Crippen molar-refractivity contribution in [2.75, 3.05) is 57.4 Å². The smallest absolute Gasteiger partial charge is 0.411 e. The van der Waals surface area contributed by atoms with Gasteiger partial charge in [-0.05, 0) is 114 Å². The first-order valence-electron chi connectivity index (χ1n) is 21.1. The van der Waals surface area contributed by atoms with Gasteiger partial charge in [0.2, 0.25) is 5.91 Å². The Morgan fingerprint density at radius 1 is 0.742 bits per heavy atom. The number of carbonyl (C=O) groups is 3. The Hall–Kier alpha value is -5.40. The molecule has 7 rings (SSSR count). The number of nitrogens with zero attached hydrogens (tertiary/aromatic N) is 3. The number of hydrogen-bond acceptors (Lipinski definition) is 8. The summed E-state index contributed by atoms with van der Waals surface area (Å²) in [4.78, 5) is 48.1. The van der Waals surface area contributed by atoms with Gasteiger partial charge < -0.3 is 24.6 Å². The molecule has 62 heavy (non-hydrogen) atoms. The van der Waals surface area contributed by atoms with Crippen molar-refractivity contribution < 1.29 is 28.2 Å². The number of nitrogens with one attached hydrogen (secondary N) is 2. The molecule has 0 bridgehead atoms. The minimum absolute atomic E-state index is 0.0683. The zero-order chi connectivity index (χ0) is 43.3. The second-order valence-corrected chi connectivity index (χ2v) is 17.0. The van der Waals surface area contributed by atoms with Gasteiger partial charge in [0.15, 0.2) is 0 Å². The number of carbonyl (C=O) groups excluding carboxylic acids is 3. The molecule has 2 heterocycles. The largest absolute Gasteiger partial charge is 0.445 e. The minimum atomic E-state index is -0.713. The second kappa shape index (κ2) is 22.1. The maximum absolute atomic E-state index is 15.0. The van der Waals surface area contributed by atoms with E-state index < -0.39 is 24.0 Å². The van der Waals surface area contributed by atoms with E-state index >= 15 is 4.39 Å². The standard InChI is InChI=1S/C49H53ClFN5O5S/c1-62-45-15-9-8-14-39(45)32-55-24-26-56(27-25-55)47(57)46(53-49(59)61-34-36-12-6-3-7-13-36)37-18-21-54(22-19-37)23-20-38-28-41(50)16-17-44(38)40-29-42(51)31-43(30-40)52-48(58)60-33-35-10-4-2-5-11-35/h2-17,28-31,37,46H,18-27,32-34H2,1H3,(H,52,58)(H,53,59)/t46-/m1/s1. The molecule has 0 radical (unpaired) electrons. The monoisotopic (exact) mass is 877 g/mol. The molecule has 0 aliphatic carbocycles. The van der Waals surface area contributed by atoms with E-state index in [1.165, 1.54) is 22.6 Å². The number of hydrogen-bond donors (Lipinski definition) is 2. The lowest BCUT2D eigenvalue weighted by Gasteiger charge is -2.40. The fourth-order valence-electron chi connectivity index (χ4n) is 8.20. The summed E-state index contributed by atoms with van der Waals surface area (Å²) in [6.45, 7) is 5.86. The van der Waals surface area contributed by atoms with Crippen LogP contribution in [0.3, 0.4) is 0 Å². The van der Waals surface area contributed by atoms with Crippen molar-refractivity contribution in [2.45, 2.75) is 50.0 Å². The summed E-state index contributed by atoms with van der Waals surface area (Å²) in [5, 5.41) is 6.22. The van der Waals surface area contributed by atoms with Crippen molar-refractivity contribution in [3.05, 3.63) is 154 Å². The molecule has 0 aromatic heterocycles. The number of anilines is 1. The Balaban J connectivity index is 0.968. The highest BCUT2D eigenvalue weighted by atomic mass is 35.5. The molecular formula is C49H53ClFN5O5S. The molecule has 2 aliphatic rings. The number of likely N-dealkylation sites (tertiary alicyclic amines) is 1. The summed E-state index contributed by atoms with van der Waals surface area (Å²) in [6.07, 6.45) is 2.87. The Labute approximate surface area is 372 Å². The Bertz CT molecular complexity index is 2270. The lowest BCUT2D eigenvalue weighted by Crippen LogP contribution is -2.58. The van der Waals surface area contributed by atoms with Crippen LogP contribution in [0.15, 0.2) is 126 Å². The minimum Gasteiger partial charge on any atom is -0.445 e. The SMILES string of the molecule is CSc1ccccc1CN1CCN(C(=O)[C@H](NC(=O)OCc2ccccc2)C2CCN(CCc3cc(Cl)ccc3-c3cc(F)cc(NC(=O)OCc4ccccc4)c3)CC2)CC1. The van der Waals surface area contributed by atoms with E-state index in [0.29, 0.717) is 49.5 Å². The molecule has 324 valence electrons. The van der Waals surface area contributed by atoms with Crippen molar-refractivity contribution in [3.8, 4) is 11.1 Å². The fourth-order valence-corrected chi connectivity index (χ4v) is 9.01. The molecule has 1 atom stereocenters. The van der Waals surface area contributed by atoms with Gasteiger partial charge in [-0.15, -0.1) is 11.8 Å². The van der Waals surface area contributed by atoms with Gasteiger partial charge in [0.05, 0.1) is 0 Å². The maximum atomic E-state index is 15.0. The number of benzene rings is 5. The van der Waals surface area contributed by atoms with Crippen LogP contribution in [0.25, 0.3) is 11.1 Å². The van der Waals surface area contributed by atoms with E-state index in [1.54, 1.807) is 23.9 Å². The average Bonchev–Trinajstić information content (AvgIpc) is 3.29. The molecule has 13 heteroatoms. The third kappa shape index (κ3) is 12.6. The number of halogens is 2. The number of rotatable bonds is 15. The third-order valence-corrected chi connectivity index (χ3v) is 12.6.